The van der Waals surface area contributed by atoms with Gasteiger partial charge in [-0.1, -0.05) is 6.92 Å². The number of aliphatic carboxylic acids is 1. The van der Waals surface area contributed by atoms with Crippen LogP contribution in [0.3, 0.4) is 0 Å². The lowest BCUT2D eigenvalue weighted by Crippen LogP contribution is -2.35. The van der Waals surface area contributed by atoms with E-state index in [1.807, 2.05) is 0 Å². The van der Waals surface area contributed by atoms with Crippen molar-refractivity contribution >= 4 is 11.9 Å². The Labute approximate surface area is 58.2 Å². The van der Waals surface area contributed by atoms with Crippen LogP contribution in [0.5, 0.6) is 0 Å². The second-order valence-electron chi connectivity index (χ2n) is 2.56. The number of carbonyl (C=O) groups is 2. The molecular formula is C6H9NO3. The van der Waals surface area contributed by atoms with Gasteiger partial charge in [0.1, 0.15) is 6.04 Å². The molecule has 0 aliphatic carbocycles. The quantitative estimate of drug-likeness (QED) is 0.524. The van der Waals surface area contributed by atoms with Crippen molar-refractivity contribution in [1.82, 2.24) is 5.32 Å². The van der Waals surface area contributed by atoms with Crippen molar-refractivity contribution in [2.24, 2.45) is 5.92 Å². The summed E-state index contributed by atoms with van der Waals surface area (Å²) in [6.07, 6.45) is 0.330. The first-order valence-electron chi connectivity index (χ1n) is 3.13. The van der Waals surface area contributed by atoms with E-state index < -0.39 is 12.0 Å². The molecule has 2 N–H and O–H groups in total. The van der Waals surface area contributed by atoms with E-state index in [-0.39, 0.29) is 11.8 Å². The van der Waals surface area contributed by atoms with Gasteiger partial charge in [-0.2, -0.15) is 0 Å². The van der Waals surface area contributed by atoms with Crippen LogP contribution in [0, 0.1) is 5.92 Å². The smallest absolute Gasteiger partial charge is 0.326 e. The van der Waals surface area contributed by atoms with Crippen LogP contribution in [0.15, 0.2) is 0 Å². The number of nitrogens with one attached hydrogen (secondary N) is 1. The summed E-state index contributed by atoms with van der Waals surface area (Å²) < 4.78 is 0. The molecule has 4 heteroatoms. The zero-order valence-corrected chi connectivity index (χ0v) is 5.63. The van der Waals surface area contributed by atoms with Gasteiger partial charge in [0.05, 0.1) is 0 Å². The van der Waals surface area contributed by atoms with Crippen molar-refractivity contribution in [2.75, 3.05) is 0 Å². The maximum absolute atomic E-state index is 10.6. The fourth-order valence-electron chi connectivity index (χ4n) is 1.09. The zero-order valence-electron chi connectivity index (χ0n) is 5.63. The summed E-state index contributed by atoms with van der Waals surface area (Å²) in [5.41, 5.74) is 0. The van der Waals surface area contributed by atoms with E-state index in [1.54, 1.807) is 6.92 Å². The number of hydrogen-bond acceptors (Lipinski definition) is 2. The summed E-state index contributed by atoms with van der Waals surface area (Å²) in [5.74, 6) is -1.19. The van der Waals surface area contributed by atoms with Crippen LogP contribution in [0.25, 0.3) is 0 Å². The Hall–Kier alpha value is -1.06. The molecule has 1 fully saturated rings. The molecule has 4 nitrogen and oxygen atoms in total. The minimum atomic E-state index is -0.946. The van der Waals surface area contributed by atoms with Gasteiger partial charge < -0.3 is 10.4 Å². The molecule has 10 heavy (non-hydrogen) atoms. The number of amides is 1. The van der Waals surface area contributed by atoms with E-state index in [1.165, 1.54) is 0 Å². The number of hydrogen-bond donors (Lipinski definition) is 2. The first kappa shape index (κ1) is 7.05. The van der Waals surface area contributed by atoms with E-state index in [0.29, 0.717) is 6.42 Å². The molecule has 0 aromatic carbocycles. The number of carboxylic acids is 1. The molecule has 0 unspecified atom stereocenters. The van der Waals surface area contributed by atoms with E-state index in [9.17, 15) is 9.59 Å². The first-order chi connectivity index (χ1) is 4.61. The topological polar surface area (TPSA) is 66.4 Å². The highest BCUT2D eigenvalue weighted by Gasteiger charge is 2.33. The summed E-state index contributed by atoms with van der Waals surface area (Å²) in [7, 11) is 0. The molecule has 0 aromatic rings. The van der Waals surface area contributed by atoms with Crippen LogP contribution >= 0.6 is 0 Å². The van der Waals surface area contributed by atoms with Gasteiger partial charge in [-0.25, -0.2) is 4.79 Å². The largest absolute Gasteiger partial charge is 0.480 e. The van der Waals surface area contributed by atoms with Crippen LogP contribution in [-0.4, -0.2) is 23.0 Å². The molecule has 56 valence electrons. The van der Waals surface area contributed by atoms with Gasteiger partial charge >= 0.3 is 5.97 Å². The molecule has 1 amide bonds. The SMILES string of the molecule is C[C@H]1CC(=O)N[C@@H]1C(=O)O. The Bertz CT molecular complexity index is 178. The van der Waals surface area contributed by atoms with E-state index in [4.69, 9.17) is 5.11 Å². The molecule has 0 bridgehead atoms. The van der Waals surface area contributed by atoms with Crippen molar-refractivity contribution < 1.29 is 14.7 Å². The van der Waals surface area contributed by atoms with Crippen LogP contribution in [0.2, 0.25) is 0 Å². The molecule has 0 spiro atoms. The van der Waals surface area contributed by atoms with Crippen LogP contribution in [-0.2, 0) is 9.59 Å². The third-order valence-corrected chi connectivity index (χ3v) is 1.66. The average molecular weight is 143 g/mol. The molecule has 1 aliphatic heterocycles. The number of carboxylic acid groups (broad SMARTS) is 1. The molecular weight excluding hydrogens is 134 g/mol. The average Bonchev–Trinajstić information content (AvgIpc) is 2.10. The van der Waals surface area contributed by atoms with Crippen molar-refractivity contribution in [3.8, 4) is 0 Å². The predicted octanol–water partition coefficient (Wildman–Crippen LogP) is -0.404. The third kappa shape index (κ3) is 1.10. The van der Waals surface area contributed by atoms with E-state index in [0.717, 1.165) is 0 Å². The van der Waals surface area contributed by atoms with Crippen molar-refractivity contribution in [3.63, 3.8) is 0 Å². The molecule has 1 aliphatic rings. The molecule has 1 heterocycles. The van der Waals surface area contributed by atoms with Crippen molar-refractivity contribution in [3.05, 3.63) is 0 Å². The summed E-state index contributed by atoms with van der Waals surface area (Å²) >= 11 is 0. The lowest BCUT2D eigenvalue weighted by Gasteiger charge is -2.07. The molecule has 0 aromatic heterocycles. The molecule has 0 radical (unpaired) electrons. The molecule has 1 rings (SSSR count). The minimum Gasteiger partial charge on any atom is -0.480 e. The van der Waals surface area contributed by atoms with Gasteiger partial charge in [0.15, 0.2) is 0 Å². The fourth-order valence-corrected chi connectivity index (χ4v) is 1.09. The lowest BCUT2D eigenvalue weighted by atomic mass is 10.0. The van der Waals surface area contributed by atoms with Crippen LogP contribution in [0.1, 0.15) is 13.3 Å². The summed E-state index contributed by atoms with van der Waals surface area (Å²) in [4.78, 5) is 20.9. The van der Waals surface area contributed by atoms with Crippen molar-refractivity contribution in [2.45, 2.75) is 19.4 Å². The van der Waals surface area contributed by atoms with Gasteiger partial charge in [-0.15, -0.1) is 0 Å². The van der Waals surface area contributed by atoms with E-state index >= 15 is 0 Å². The first-order valence-corrected chi connectivity index (χ1v) is 3.13. The lowest BCUT2D eigenvalue weighted by molar-refractivity contribution is -0.140. The Morgan fingerprint density at radius 2 is 2.40 bits per heavy atom. The van der Waals surface area contributed by atoms with Crippen LogP contribution in [0.4, 0.5) is 0 Å². The van der Waals surface area contributed by atoms with Gasteiger partial charge in [0, 0.05) is 6.42 Å². The third-order valence-electron chi connectivity index (χ3n) is 1.66. The van der Waals surface area contributed by atoms with Gasteiger partial charge in [0.2, 0.25) is 5.91 Å². The van der Waals surface area contributed by atoms with Crippen LogP contribution < -0.4 is 5.32 Å². The molecule has 1 saturated heterocycles. The number of carbonyl (C=O) groups excluding carboxylic acids is 1. The Balaban J connectivity index is 2.63. The normalized spacial score (nSPS) is 31.9. The predicted molar refractivity (Wildman–Crippen MR) is 33.3 cm³/mol. The number of rotatable bonds is 1. The van der Waals surface area contributed by atoms with E-state index in [2.05, 4.69) is 5.32 Å². The highest BCUT2D eigenvalue weighted by atomic mass is 16.4. The second kappa shape index (κ2) is 2.28. The Kier molecular flexibility index (Phi) is 1.61. The van der Waals surface area contributed by atoms with Crippen molar-refractivity contribution in [1.29, 1.82) is 0 Å². The summed E-state index contributed by atoms with van der Waals surface area (Å²) in [5, 5.41) is 10.9. The van der Waals surface area contributed by atoms with Gasteiger partial charge in [-0.05, 0) is 5.92 Å². The maximum Gasteiger partial charge on any atom is 0.326 e. The maximum atomic E-state index is 10.6. The van der Waals surface area contributed by atoms with Gasteiger partial charge in [0.25, 0.3) is 0 Å². The monoisotopic (exact) mass is 143 g/mol. The molecule has 2 atom stereocenters. The summed E-state index contributed by atoms with van der Waals surface area (Å²) in [6.45, 7) is 1.75. The Morgan fingerprint density at radius 1 is 1.80 bits per heavy atom. The summed E-state index contributed by atoms with van der Waals surface area (Å²) in [6, 6.07) is -0.674. The highest BCUT2D eigenvalue weighted by Crippen LogP contribution is 2.14. The minimum absolute atomic E-state index is 0.0787. The van der Waals surface area contributed by atoms with Gasteiger partial charge in [-0.3, -0.25) is 4.79 Å². The second-order valence-corrected chi connectivity index (χ2v) is 2.56. The fraction of sp³-hybridized carbons (Fsp3) is 0.667. The highest BCUT2D eigenvalue weighted by molar-refractivity contribution is 5.87. The standard InChI is InChI=1S/C6H9NO3/c1-3-2-4(8)7-5(3)6(9)10/h3,5H,2H2,1H3,(H,7,8)(H,9,10)/t3-,5-/m0/s1. The molecule has 0 saturated carbocycles. The zero-order chi connectivity index (χ0) is 7.72. The Morgan fingerprint density at radius 3 is 2.60 bits per heavy atom.